The van der Waals surface area contributed by atoms with Gasteiger partial charge in [0.25, 0.3) is 0 Å². The van der Waals surface area contributed by atoms with E-state index in [9.17, 15) is 4.79 Å². The molecule has 3 nitrogen and oxygen atoms in total. The van der Waals surface area contributed by atoms with E-state index in [4.69, 9.17) is 4.74 Å². The summed E-state index contributed by atoms with van der Waals surface area (Å²) in [6, 6.07) is 0. The average molecular weight is 169 g/mol. The van der Waals surface area contributed by atoms with Gasteiger partial charge in [-0.25, -0.2) is 0 Å². The lowest BCUT2D eigenvalue weighted by Gasteiger charge is -2.05. The second-order valence-corrected chi connectivity index (χ2v) is 2.76. The first kappa shape index (κ1) is 9.26. The van der Waals surface area contributed by atoms with E-state index >= 15 is 0 Å². The van der Waals surface area contributed by atoms with E-state index in [2.05, 4.69) is 5.32 Å². The van der Waals surface area contributed by atoms with Crippen LogP contribution in [0.3, 0.4) is 0 Å². The third-order valence-corrected chi connectivity index (χ3v) is 1.78. The van der Waals surface area contributed by atoms with Crippen LogP contribution in [0.1, 0.15) is 19.8 Å². The van der Waals surface area contributed by atoms with E-state index in [0.717, 1.165) is 25.3 Å². The molecule has 0 amide bonds. The summed E-state index contributed by atoms with van der Waals surface area (Å²) in [7, 11) is 0. The molecule has 0 unspecified atom stereocenters. The molecule has 0 saturated heterocycles. The van der Waals surface area contributed by atoms with E-state index < -0.39 is 0 Å². The van der Waals surface area contributed by atoms with Gasteiger partial charge in [-0.2, -0.15) is 0 Å². The van der Waals surface area contributed by atoms with Gasteiger partial charge in [0.2, 0.25) is 0 Å². The summed E-state index contributed by atoms with van der Waals surface area (Å²) in [5.74, 6) is 0.230. The molecular weight excluding hydrogens is 154 g/mol. The van der Waals surface area contributed by atoms with Crippen molar-refractivity contribution in [3.63, 3.8) is 0 Å². The molecule has 1 rings (SSSR count). The highest BCUT2D eigenvalue weighted by Gasteiger charge is 2.10. The van der Waals surface area contributed by atoms with Crippen LogP contribution in [-0.2, 0) is 9.53 Å². The van der Waals surface area contributed by atoms with Crippen LogP contribution >= 0.6 is 0 Å². The number of allylic oxidation sites excluding steroid dienone is 2. The van der Waals surface area contributed by atoms with Gasteiger partial charge in [-0.1, -0.05) is 0 Å². The minimum Gasteiger partial charge on any atom is -0.386 e. The molecule has 1 aliphatic carbocycles. The molecule has 1 N–H and O–H groups in total. The van der Waals surface area contributed by atoms with Gasteiger partial charge in [-0.05, 0) is 13.3 Å². The lowest BCUT2D eigenvalue weighted by Crippen LogP contribution is -2.18. The average Bonchev–Trinajstić information content (AvgIpc) is 2.45. The van der Waals surface area contributed by atoms with Gasteiger partial charge in [0.1, 0.15) is 0 Å². The highest BCUT2D eigenvalue weighted by atomic mass is 16.5. The summed E-state index contributed by atoms with van der Waals surface area (Å²) in [5.41, 5.74) is 1.06. The highest BCUT2D eigenvalue weighted by molar-refractivity contribution is 5.92. The molecule has 0 atom stereocenters. The largest absolute Gasteiger partial charge is 0.386 e. The smallest absolute Gasteiger partial charge is 0.157 e. The molecule has 0 saturated carbocycles. The normalized spacial score (nSPS) is 16.4. The SMILES string of the molecule is CCOCCNC1=CC(=O)CC1. The minimum atomic E-state index is 0.230. The monoisotopic (exact) mass is 169 g/mol. The number of hydrogen-bond donors (Lipinski definition) is 1. The number of hydrogen-bond acceptors (Lipinski definition) is 3. The Hall–Kier alpha value is -0.830. The van der Waals surface area contributed by atoms with Crippen LogP contribution in [0.25, 0.3) is 0 Å². The summed E-state index contributed by atoms with van der Waals surface area (Å²) in [5, 5.41) is 3.16. The second-order valence-electron chi connectivity index (χ2n) is 2.76. The minimum absolute atomic E-state index is 0.230. The fourth-order valence-electron chi connectivity index (χ4n) is 1.16. The van der Waals surface area contributed by atoms with Crippen LogP contribution in [-0.4, -0.2) is 25.5 Å². The van der Waals surface area contributed by atoms with Gasteiger partial charge in [0, 0.05) is 31.3 Å². The van der Waals surface area contributed by atoms with E-state index in [1.165, 1.54) is 0 Å². The number of nitrogens with one attached hydrogen (secondary N) is 1. The first-order chi connectivity index (χ1) is 5.83. The van der Waals surface area contributed by atoms with Gasteiger partial charge in [0.05, 0.1) is 6.61 Å². The molecule has 0 aromatic carbocycles. The Labute approximate surface area is 72.8 Å². The standard InChI is InChI=1S/C9H15NO2/c1-2-12-6-5-10-8-3-4-9(11)7-8/h7,10H,2-6H2,1H3. The molecule has 0 aromatic rings. The Morgan fingerprint density at radius 1 is 1.58 bits per heavy atom. The molecule has 3 heteroatoms. The molecule has 12 heavy (non-hydrogen) atoms. The van der Waals surface area contributed by atoms with E-state index in [1.807, 2.05) is 6.92 Å². The van der Waals surface area contributed by atoms with Crippen LogP contribution in [0.15, 0.2) is 11.8 Å². The predicted octanol–water partition coefficient (Wildman–Crippen LogP) is 0.859. The Bertz CT molecular complexity index is 187. The first-order valence-corrected chi connectivity index (χ1v) is 4.38. The van der Waals surface area contributed by atoms with E-state index in [1.54, 1.807) is 6.08 Å². The maximum atomic E-state index is 10.8. The summed E-state index contributed by atoms with van der Waals surface area (Å²) in [4.78, 5) is 10.8. The van der Waals surface area contributed by atoms with Crippen LogP contribution in [0.5, 0.6) is 0 Å². The number of rotatable bonds is 5. The van der Waals surface area contributed by atoms with Crippen molar-refractivity contribution >= 4 is 5.78 Å². The highest BCUT2D eigenvalue weighted by Crippen LogP contribution is 2.10. The van der Waals surface area contributed by atoms with E-state index in [-0.39, 0.29) is 5.78 Å². The lowest BCUT2D eigenvalue weighted by atomic mass is 10.3. The summed E-state index contributed by atoms with van der Waals surface area (Å²) < 4.78 is 5.15. The molecule has 0 heterocycles. The topological polar surface area (TPSA) is 38.3 Å². The van der Waals surface area contributed by atoms with Gasteiger partial charge in [-0.15, -0.1) is 0 Å². The van der Waals surface area contributed by atoms with Crippen molar-refractivity contribution in [3.05, 3.63) is 11.8 Å². The fraction of sp³-hybridized carbons (Fsp3) is 0.667. The molecular formula is C9H15NO2. The van der Waals surface area contributed by atoms with Crippen molar-refractivity contribution in [2.24, 2.45) is 0 Å². The summed E-state index contributed by atoms with van der Waals surface area (Å²) in [6.07, 6.45) is 3.22. The number of ketones is 1. The maximum Gasteiger partial charge on any atom is 0.157 e. The Kier molecular flexibility index (Phi) is 3.80. The van der Waals surface area contributed by atoms with Gasteiger partial charge < -0.3 is 10.1 Å². The zero-order valence-corrected chi connectivity index (χ0v) is 7.43. The van der Waals surface area contributed by atoms with Crippen molar-refractivity contribution in [1.82, 2.24) is 5.32 Å². The molecule has 0 radical (unpaired) electrons. The van der Waals surface area contributed by atoms with Gasteiger partial charge in [0.15, 0.2) is 5.78 Å². The van der Waals surface area contributed by atoms with Crippen LogP contribution in [0.2, 0.25) is 0 Å². The summed E-state index contributed by atoms with van der Waals surface area (Å²) in [6.45, 7) is 4.23. The number of carbonyl (C=O) groups is 1. The van der Waals surface area contributed by atoms with Crippen LogP contribution in [0, 0.1) is 0 Å². The summed E-state index contributed by atoms with van der Waals surface area (Å²) >= 11 is 0. The number of ether oxygens (including phenoxy) is 1. The molecule has 0 aromatic heterocycles. The zero-order chi connectivity index (χ0) is 8.81. The fourth-order valence-corrected chi connectivity index (χ4v) is 1.16. The van der Waals surface area contributed by atoms with Crippen molar-refractivity contribution in [2.45, 2.75) is 19.8 Å². The van der Waals surface area contributed by atoms with E-state index in [0.29, 0.717) is 13.0 Å². The van der Waals surface area contributed by atoms with Crippen LogP contribution < -0.4 is 5.32 Å². The number of carbonyl (C=O) groups excluding carboxylic acids is 1. The van der Waals surface area contributed by atoms with Gasteiger partial charge in [-0.3, -0.25) is 4.79 Å². The third kappa shape index (κ3) is 3.05. The molecule has 68 valence electrons. The van der Waals surface area contributed by atoms with Crippen molar-refractivity contribution in [3.8, 4) is 0 Å². The molecule has 0 fully saturated rings. The molecule has 0 aliphatic heterocycles. The zero-order valence-electron chi connectivity index (χ0n) is 7.43. The first-order valence-electron chi connectivity index (χ1n) is 4.38. The predicted molar refractivity (Wildman–Crippen MR) is 46.8 cm³/mol. The lowest BCUT2D eigenvalue weighted by molar-refractivity contribution is -0.114. The van der Waals surface area contributed by atoms with Crippen molar-refractivity contribution in [2.75, 3.05) is 19.8 Å². The van der Waals surface area contributed by atoms with Gasteiger partial charge >= 0.3 is 0 Å². The Balaban J connectivity index is 2.07. The van der Waals surface area contributed by atoms with Crippen molar-refractivity contribution in [1.29, 1.82) is 0 Å². The maximum absolute atomic E-state index is 10.8. The Morgan fingerprint density at radius 3 is 3.00 bits per heavy atom. The quantitative estimate of drug-likeness (QED) is 0.620. The second kappa shape index (κ2) is 4.93. The Morgan fingerprint density at radius 2 is 2.42 bits per heavy atom. The third-order valence-electron chi connectivity index (χ3n) is 1.78. The molecule has 1 aliphatic rings. The molecule has 0 spiro atoms. The van der Waals surface area contributed by atoms with Crippen LogP contribution in [0.4, 0.5) is 0 Å². The van der Waals surface area contributed by atoms with Crippen molar-refractivity contribution < 1.29 is 9.53 Å². The molecule has 0 bridgehead atoms.